The van der Waals surface area contributed by atoms with Crippen LogP contribution >= 0.6 is 0 Å². The topological polar surface area (TPSA) is 47.6 Å². The molecule has 0 radical (unpaired) electrons. The molecule has 1 rings (SSSR count). The maximum absolute atomic E-state index is 5.16. The average Bonchev–Trinajstić information content (AvgIpc) is 1.86. The quantitative estimate of drug-likeness (QED) is 0.425. The summed E-state index contributed by atoms with van der Waals surface area (Å²) in [6.07, 6.45) is 1.34. The first kappa shape index (κ1) is 3.77. The zero-order valence-electron chi connectivity index (χ0n) is 3.29. The molecule has 0 bridgehead atoms. The van der Waals surface area contributed by atoms with E-state index in [1.807, 2.05) is 0 Å². The number of hydrogen-bond acceptors (Lipinski definition) is 3. The van der Waals surface area contributed by atoms with Gasteiger partial charge >= 0.3 is 0 Å². The van der Waals surface area contributed by atoms with Crippen molar-refractivity contribution in [1.29, 1.82) is 0 Å². The summed E-state index contributed by atoms with van der Waals surface area (Å²) < 4.78 is 4.71. The highest BCUT2D eigenvalue weighted by Crippen LogP contribution is 1.86. The van der Waals surface area contributed by atoms with Crippen LogP contribution in [0.1, 0.15) is 0 Å². The first-order valence-electron chi connectivity index (χ1n) is 1.77. The molecule has 1 heterocycles. The molecule has 0 amide bonds. The predicted octanol–water partition coefficient (Wildman–Crippen LogP) is -0.670. The molecule has 0 saturated heterocycles. The van der Waals surface area contributed by atoms with E-state index in [1.54, 1.807) is 6.21 Å². The zero-order valence-corrected chi connectivity index (χ0v) is 3.29. The standard InChI is InChI=1S/C3H6N2O/c4-3-1-5-2-6-3/h1,3H,2,4H2. The Morgan fingerprint density at radius 1 is 2.00 bits per heavy atom. The Hall–Kier alpha value is -0.410. The van der Waals surface area contributed by atoms with Crippen LogP contribution in [0.4, 0.5) is 0 Å². The fraction of sp³-hybridized carbons (Fsp3) is 0.667. The lowest BCUT2D eigenvalue weighted by molar-refractivity contribution is 0.133. The van der Waals surface area contributed by atoms with E-state index < -0.39 is 0 Å². The van der Waals surface area contributed by atoms with Crippen LogP contribution < -0.4 is 5.73 Å². The Bertz CT molecular complexity index is 71.2. The second-order valence-electron chi connectivity index (χ2n) is 1.09. The number of hydrogen-bond donors (Lipinski definition) is 1. The van der Waals surface area contributed by atoms with E-state index in [9.17, 15) is 0 Å². The highest BCUT2D eigenvalue weighted by molar-refractivity contribution is 5.63. The summed E-state index contributed by atoms with van der Waals surface area (Å²) in [7, 11) is 0. The van der Waals surface area contributed by atoms with Crippen LogP contribution in [0, 0.1) is 0 Å². The largest absolute Gasteiger partial charge is 0.336 e. The van der Waals surface area contributed by atoms with Gasteiger partial charge in [-0.15, -0.1) is 0 Å². The number of nitrogens with two attached hydrogens (primary N) is 1. The average molecular weight is 86.1 g/mol. The lowest BCUT2D eigenvalue weighted by Gasteiger charge is -1.91. The van der Waals surface area contributed by atoms with Gasteiger partial charge in [-0.05, 0) is 0 Å². The summed E-state index contributed by atoms with van der Waals surface area (Å²) >= 11 is 0. The van der Waals surface area contributed by atoms with E-state index in [0.29, 0.717) is 6.73 Å². The molecule has 1 atom stereocenters. The second-order valence-corrected chi connectivity index (χ2v) is 1.09. The third-order valence-corrected chi connectivity index (χ3v) is 0.594. The van der Waals surface area contributed by atoms with Gasteiger partial charge in [0.1, 0.15) is 13.0 Å². The summed E-state index contributed by atoms with van der Waals surface area (Å²) in [5, 5.41) is 0. The van der Waals surface area contributed by atoms with Crippen LogP contribution in [0.5, 0.6) is 0 Å². The Morgan fingerprint density at radius 2 is 2.83 bits per heavy atom. The Kier molecular flexibility index (Phi) is 0.856. The molecule has 2 N–H and O–H groups in total. The number of nitrogens with zero attached hydrogens (tertiary/aromatic N) is 1. The minimum atomic E-state index is -0.245. The molecular formula is C3H6N2O. The summed E-state index contributed by atoms with van der Waals surface area (Å²) in [5.74, 6) is 0. The minimum absolute atomic E-state index is 0.245. The van der Waals surface area contributed by atoms with Crippen LogP contribution in [0.2, 0.25) is 0 Å². The summed E-state index contributed by atoms with van der Waals surface area (Å²) in [6.45, 7) is 0.432. The zero-order chi connectivity index (χ0) is 4.41. The normalized spacial score (nSPS) is 31.8. The second kappa shape index (κ2) is 1.36. The van der Waals surface area contributed by atoms with Gasteiger partial charge in [-0.25, -0.2) is 0 Å². The Labute approximate surface area is 35.8 Å². The molecule has 6 heavy (non-hydrogen) atoms. The van der Waals surface area contributed by atoms with Crippen LogP contribution in [0.15, 0.2) is 4.99 Å². The van der Waals surface area contributed by atoms with Gasteiger partial charge in [0.2, 0.25) is 0 Å². The SMILES string of the molecule is NC1C=NCO1. The van der Waals surface area contributed by atoms with Gasteiger partial charge in [0, 0.05) is 6.21 Å². The fourth-order valence-electron chi connectivity index (χ4n) is 0.319. The van der Waals surface area contributed by atoms with Gasteiger partial charge in [-0.3, -0.25) is 4.99 Å². The van der Waals surface area contributed by atoms with Crippen molar-refractivity contribution in [2.45, 2.75) is 6.23 Å². The van der Waals surface area contributed by atoms with Gasteiger partial charge in [-0.1, -0.05) is 0 Å². The van der Waals surface area contributed by atoms with Crippen molar-refractivity contribution in [2.24, 2.45) is 10.7 Å². The van der Waals surface area contributed by atoms with Crippen molar-refractivity contribution in [3.05, 3.63) is 0 Å². The molecule has 1 unspecified atom stereocenters. The number of rotatable bonds is 0. The molecule has 3 nitrogen and oxygen atoms in total. The summed E-state index contributed by atoms with van der Waals surface area (Å²) in [4.78, 5) is 3.69. The van der Waals surface area contributed by atoms with Gasteiger partial charge in [0.25, 0.3) is 0 Å². The highest BCUT2D eigenvalue weighted by atomic mass is 16.5. The van der Waals surface area contributed by atoms with E-state index in [2.05, 4.69) is 4.99 Å². The molecule has 3 heteroatoms. The monoisotopic (exact) mass is 86.0 g/mol. The molecule has 0 aromatic carbocycles. The summed E-state index contributed by atoms with van der Waals surface area (Å²) in [5.41, 5.74) is 5.16. The van der Waals surface area contributed by atoms with Crippen LogP contribution in [0.25, 0.3) is 0 Å². The van der Waals surface area contributed by atoms with E-state index in [1.165, 1.54) is 0 Å². The fourth-order valence-corrected chi connectivity index (χ4v) is 0.319. The highest BCUT2D eigenvalue weighted by Gasteiger charge is 1.99. The lowest BCUT2D eigenvalue weighted by atomic mass is 10.7. The molecule has 0 spiro atoms. The maximum atomic E-state index is 5.16. The van der Waals surface area contributed by atoms with Crippen molar-refractivity contribution in [3.8, 4) is 0 Å². The van der Waals surface area contributed by atoms with E-state index >= 15 is 0 Å². The minimum Gasteiger partial charge on any atom is -0.336 e. The van der Waals surface area contributed by atoms with E-state index in [0.717, 1.165) is 0 Å². The van der Waals surface area contributed by atoms with Crippen LogP contribution in [-0.2, 0) is 4.74 Å². The molecule has 0 fully saturated rings. The molecule has 0 aliphatic carbocycles. The molecular weight excluding hydrogens is 80.0 g/mol. The molecule has 0 saturated carbocycles. The van der Waals surface area contributed by atoms with Crippen LogP contribution in [-0.4, -0.2) is 19.2 Å². The van der Waals surface area contributed by atoms with Crippen molar-refractivity contribution in [1.82, 2.24) is 0 Å². The van der Waals surface area contributed by atoms with E-state index in [4.69, 9.17) is 10.5 Å². The first-order chi connectivity index (χ1) is 2.89. The third-order valence-electron chi connectivity index (χ3n) is 0.594. The predicted molar refractivity (Wildman–Crippen MR) is 22.4 cm³/mol. The van der Waals surface area contributed by atoms with Crippen molar-refractivity contribution in [2.75, 3.05) is 6.73 Å². The summed E-state index contributed by atoms with van der Waals surface area (Å²) in [6, 6.07) is 0. The molecule has 34 valence electrons. The molecule has 0 aromatic rings. The van der Waals surface area contributed by atoms with Crippen molar-refractivity contribution < 1.29 is 4.74 Å². The Balaban J connectivity index is 2.38. The molecule has 0 aromatic heterocycles. The Morgan fingerprint density at radius 3 is 3.00 bits per heavy atom. The maximum Gasteiger partial charge on any atom is 0.144 e. The van der Waals surface area contributed by atoms with Crippen LogP contribution in [0.3, 0.4) is 0 Å². The number of aliphatic imine (C=N–C) groups is 1. The van der Waals surface area contributed by atoms with Gasteiger partial charge < -0.3 is 10.5 Å². The molecule has 1 aliphatic rings. The van der Waals surface area contributed by atoms with Crippen molar-refractivity contribution in [3.63, 3.8) is 0 Å². The third kappa shape index (κ3) is 0.555. The lowest BCUT2D eigenvalue weighted by Crippen LogP contribution is -2.19. The van der Waals surface area contributed by atoms with Crippen molar-refractivity contribution >= 4 is 6.21 Å². The van der Waals surface area contributed by atoms with E-state index in [-0.39, 0.29) is 6.23 Å². The van der Waals surface area contributed by atoms with Gasteiger partial charge in [-0.2, -0.15) is 0 Å². The number of ether oxygens (including phenoxy) is 1. The first-order valence-corrected chi connectivity index (χ1v) is 1.77. The molecule has 1 aliphatic heterocycles. The smallest absolute Gasteiger partial charge is 0.144 e. The van der Waals surface area contributed by atoms with Gasteiger partial charge in [0.15, 0.2) is 0 Å². The van der Waals surface area contributed by atoms with Gasteiger partial charge in [0.05, 0.1) is 0 Å².